The maximum absolute atomic E-state index is 6.74. The van der Waals surface area contributed by atoms with Crippen molar-refractivity contribution < 1.29 is 0 Å². The molecule has 1 aromatic carbocycles. The van der Waals surface area contributed by atoms with Gasteiger partial charge in [-0.3, -0.25) is 4.98 Å². The fourth-order valence-corrected chi connectivity index (χ4v) is 3.66. The summed E-state index contributed by atoms with van der Waals surface area (Å²) in [6.07, 6.45) is 7.56. The fraction of sp³-hybridized carbons (Fsp3) is 0.400. The lowest BCUT2D eigenvalue weighted by atomic mass is 9.82. The molecule has 0 bridgehead atoms. The molecule has 1 unspecified atom stereocenters. The lowest BCUT2D eigenvalue weighted by Crippen LogP contribution is -2.39. The van der Waals surface area contributed by atoms with Crippen LogP contribution in [-0.2, 0) is 18.4 Å². The minimum Gasteiger partial charge on any atom is -0.321 e. The summed E-state index contributed by atoms with van der Waals surface area (Å²) in [5, 5.41) is 0. The molecule has 0 amide bonds. The Hall–Kier alpha value is -1.19. The van der Waals surface area contributed by atoms with Gasteiger partial charge in [0.25, 0.3) is 0 Å². The highest BCUT2D eigenvalue weighted by Crippen LogP contribution is 2.35. The van der Waals surface area contributed by atoms with E-state index >= 15 is 0 Å². The number of aryl methyl sites for hydroxylation is 1. The summed E-state index contributed by atoms with van der Waals surface area (Å²) in [6.45, 7) is 0. The zero-order valence-electron chi connectivity index (χ0n) is 10.4. The van der Waals surface area contributed by atoms with Gasteiger partial charge in [0.05, 0.1) is 5.51 Å². The van der Waals surface area contributed by atoms with Crippen molar-refractivity contribution in [1.82, 2.24) is 4.98 Å². The maximum atomic E-state index is 6.74. The van der Waals surface area contributed by atoms with Crippen molar-refractivity contribution in [2.75, 3.05) is 0 Å². The molecule has 18 heavy (non-hydrogen) atoms. The van der Waals surface area contributed by atoms with Gasteiger partial charge in [-0.05, 0) is 30.4 Å². The van der Waals surface area contributed by atoms with E-state index in [1.54, 1.807) is 11.3 Å². The number of hydrogen-bond acceptors (Lipinski definition) is 3. The minimum atomic E-state index is -0.209. The van der Waals surface area contributed by atoms with Crippen molar-refractivity contribution in [2.45, 2.75) is 37.6 Å². The highest BCUT2D eigenvalue weighted by molar-refractivity contribution is 7.09. The molecule has 2 N–H and O–H groups in total. The first kappa shape index (κ1) is 11.9. The van der Waals surface area contributed by atoms with Crippen molar-refractivity contribution in [3.8, 4) is 0 Å². The van der Waals surface area contributed by atoms with Crippen LogP contribution in [-0.4, -0.2) is 4.98 Å². The van der Waals surface area contributed by atoms with Crippen LogP contribution in [0.15, 0.2) is 36.0 Å². The third-order valence-corrected chi connectivity index (χ3v) is 4.63. The second kappa shape index (κ2) is 4.82. The number of hydrogen-bond donors (Lipinski definition) is 1. The molecule has 2 aromatic rings. The molecule has 94 valence electrons. The van der Waals surface area contributed by atoms with Gasteiger partial charge in [-0.25, -0.2) is 0 Å². The summed E-state index contributed by atoms with van der Waals surface area (Å²) in [4.78, 5) is 5.45. The SMILES string of the molecule is NC1(Cc2cncs2)CCCCc2ccccc21. The first-order valence-electron chi connectivity index (χ1n) is 6.53. The monoisotopic (exact) mass is 258 g/mol. The van der Waals surface area contributed by atoms with E-state index in [0.717, 1.165) is 19.3 Å². The van der Waals surface area contributed by atoms with Gasteiger partial charge in [0.2, 0.25) is 0 Å². The third kappa shape index (κ3) is 2.20. The molecule has 3 heteroatoms. The molecule has 0 spiro atoms. The van der Waals surface area contributed by atoms with Gasteiger partial charge in [0.15, 0.2) is 0 Å². The molecule has 1 aliphatic rings. The lowest BCUT2D eigenvalue weighted by molar-refractivity contribution is 0.401. The zero-order chi connectivity index (χ0) is 12.4. The Balaban J connectivity index is 1.99. The van der Waals surface area contributed by atoms with Crippen LogP contribution in [0.4, 0.5) is 0 Å². The number of benzene rings is 1. The summed E-state index contributed by atoms with van der Waals surface area (Å²) >= 11 is 1.71. The number of fused-ring (bicyclic) bond motifs is 1. The van der Waals surface area contributed by atoms with E-state index in [-0.39, 0.29) is 5.54 Å². The summed E-state index contributed by atoms with van der Waals surface area (Å²) in [5.41, 5.74) is 11.2. The van der Waals surface area contributed by atoms with Crippen LogP contribution in [0.2, 0.25) is 0 Å². The van der Waals surface area contributed by atoms with Crippen molar-refractivity contribution >= 4 is 11.3 Å². The van der Waals surface area contributed by atoms with Crippen molar-refractivity contribution in [3.63, 3.8) is 0 Å². The second-order valence-electron chi connectivity index (χ2n) is 5.16. The Bertz CT molecular complexity index is 521. The van der Waals surface area contributed by atoms with Crippen LogP contribution < -0.4 is 5.73 Å². The van der Waals surface area contributed by atoms with Crippen molar-refractivity contribution in [1.29, 1.82) is 0 Å². The van der Waals surface area contributed by atoms with Gasteiger partial charge in [0, 0.05) is 23.0 Å². The number of nitrogens with zero attached hydrogens (tertiary/aromatic N) is 1. The Kier molecular flexibility index (Phi) is 3.18. The summed E-state index contributed by atoms with van der Waals surface area (Å²) in [6, 6.07) is 8.67. The Morgan fingerprint density at radius 2 is 2.17 bits per heavy atom. The average Bonchev–Trinajstić information content (AvgIpc) is 2.82. The molecule has 0 saturated heterocycles. The first-order valence-corrected chi connectivity index (χ1v) is 7.40. The zero-order valence-corrected chi connectivity index (χ0v) is 11.2. The van der Waals surface area contributed by atoms with E-state index in [0.29, 0.717) is 0 Å². The van der Waals surface area contributed by atoms with Crippen molar-refractivity contribution in [3.05, 3.63) is 52.0 Å². The molecule has 0 aliphatic heterocycles. The van der Waals surface area contributed by atoms with Crippen LogP contribution in [0.3, 0.4) is 0 Å². The van der Waals surface area contributed by atoms with Gasteiger partial charge in [-0.2, -0.15) is 0 Å². The molecule has 0 saturated carbocycles. The largest absolute Gasteiger partial charge is 0.321 e. The Labute approximate surface area is 112 Å². The molecule has 1 aliphatic carbocycles. The van der Waals surface area contributed by atoms with Gasteiger partial charge in [-0.1, -0.05) is 30.7 Å². The minimum absolute atomic E-state index is 0.209. The van der Waals surface area contributed by atoms with E-state index < -0.39 is 0 Å². The summed E-state index contributed by atoms with van der Waals surface area (Å²) in [7, 11) is 0. The molecular weight excluding hydrogens is 240 g/mol. The Morgan fingerprint density at radius 1 is 1.28 bits per heavy atom. The molecule has 0 fully saturated rings. The predicted octanol–water partition coefficient (Wildman–Crippen LogP) is 3.27. The number of rotatable bonds is 2. The maximum Gasteiger partial charge on any atom is 0.0794 e. The first-order chi connectivity index (χ1) is 8.78. The summed E-state index contributed by atoms with van der Waals surface area (Å²) in [5.74, 6) is 0. The van der Waals surface area contributed by atoms with Crippen molar-refractivity contribution in [2.24, 2.45) is 5.73 Å². The fourth-order valence-electron chi connectivity index (χ4n) is 2.94. The number of thiazole rings is 1. The molecule has 3 rings (SSSR count). The predicted molar refractivity (Wildman–Crippen MR) is 75.7 cm³/mol. The molecule has 1 atom stereocenters. The highest BCUT2D eigenvalue weighted by atomic mass is 32.1. The molecule has 0 radical (unpaired) electrons. The average molecular weight is 258 g/mol. The number of aromatic nitrogens is 1. The van der Waals surface area contributed by atoms with Crippen LogP contribution in [0.1, 0.15) is 35.3 Å². The topological polar surface area (TPSA) is 38.9 Å². The normalized spacial score (nSPS) is 23.4. The summed E-state index contributed by atoms with van der Waals surface area (Å²) < 4.78 is 0. The van der Waals surface area contributed by atoms with Gasteiger partial charge < -0.3 is 5.73 Å². The lowest BCUT2D eigenvalue weighted by Gasteiger charge is -2.30. The highest BCUT2D eigenvalue weighted by Gasteiger charge is 2.31. The van der Waals surface area contributed by atoms with E-state index in [4.69, 9.17) is 5.73 Å². The Morgan fingerprint density at radius 3 is 3.00 bits per heavy atom. The van der Waals surface area contributed by atoms with Crippen LogP contribution in [0, 0.1) is 0 Å². The van der Waals surface area contributed by atoms with E-state index in [1.807, 2.05) is 11.7 Å². The smallest absolute Gasteiger partial charge is 0.0794 e. The van der Waals surface area contributed by atoms with Crippen LogP contribution in [0.25, 0.3) is 0 Å². The van der Waals surface area contributed by atoms with E-state index in [1.165, 1.54) is 28.8 Å². The van der Waals surface area contributed by atoms with Gasteiger partial charge in [-0.15, -0.1) is 11.3 Å². The standard InChI is InChI=1S/C15H18N2S/c16-15(9-13-10-17-11-18-13)8-4-3-6-12-5-1-2-7-14(12)15/h1-2,5,7,10-11H,3-4,6,8-9,16H2. The van der Waals surface area contributed by atoms with Gasteiger partial charge in [0.1, 0.15) is 0 Å². The quantitative estimate of drug-likeness (QED) is 0.840. The van der Waals surface area contributed by atoms with E-state index in [2.05, 4.69) is 29.2 Å². The number of nitrogens with two attached hydrogens (primary N) is 1. The van der Waals surface area contributed by atoms with E-state index in [9.17, 15) is 0 Å². The molecule has 1 heterocycles. The molecule has 2 nitrogen and oxygen atoms in total. The second-order valence-corrected chi connectivity index (χ2v) is 6.14. The molecule has 1 aromatic heterocycles. The van der Waals surface area contributed by atoms with Crippen LogP contribution >= 0.6 is 11.3 Å². The molecular formula is C15H18N2S. The van der Waals surface area contributed by atoms with Crippen LogP contribution in [0.5, 0.6) is 0 Å². The van der Waals surface area contributed by atoms with Gasteiger partial charge >= 0.3 is 0 Å². The third-order valence-electron chi connectivity index (χ3n) is 3.85.